The highest BCUT2D eigenvalue weighted by Crippen LogP contribution is 2.14. The molecule has 0 bridgehead atoms. The maximum Gasteiger partial charge on any atom is 0.355 e. The molecule has 0 aromatic heterocycles. The number of aryl methyl sites for hydroxylation is 1. The van der Waals surface area contributed by atoms with E-state index in [9.17, 15) is 18.8 Å². The average molecular weight is 384 g/mol. The molecule has 0 unspecified atom stereocenters. The third-order valence-electron chi connectivity index (χ3n) is 3.73. The highest BCUT2D eigenvalue weighted by molar-refractivity contribution is 6.00. The quantitative estimate of drug-likeness (QED) is 0.592. The minimum atomic E-state index is -1.16. The summed E-state index contributed by atoms with van der Waals surface area (Å²) in [6.07, 6.45) is 0.286. The van der Waals surface area contributed by atoms with E-state index in [1.165, 1.54) is 32.1 Å². The number of rotatable bonds is 6. The van der Waals surface area contributed by atoms with E-state index in [1.807, 2.05) is 6.07 Å². The van der Waals surface area contributed by atoms with Gasteiger partial charge in [-0.05, 0) is 43.2 Å². The molecule has 2 aromatic rings. The first kappa shape index (κ1) is 20.8. The molecule has 0 radical (unpaired) electrons. The Hall–Kier alpha value is -3.48. The monoisotopic (exact) mass is 384 g/mol. The van der Waals surface area contributed by atoms with Gasteiger partial charge in [-0.2, -0.15) is 0 Å². The Labute approximate surface area is 162 Å². The number of ether oxygens (including phenoxy) is 1. The van der Waals surface area contributed by atoms with Crippen LogP contribution in [0.2, 0.25) is 0 Å². The third-order valence-corrected chi connectivity index (χ3v) is 3.73. The summed E-state index contributed by atoms with van der Waals surface area (Å²) >= 11 is 0. The molecular formula is C21H21FN2O4. The number of nitrogens with one attached hydrogen (secondary N) is 2. The number of benzene rings is 2. The Bertz CT molecular complexity index is 910. The molecule has 1 atom stereocenters. The van der Waals surface area contributed by atoms with E-state index in [4.69, 9.17) is 4.74 Å². The number of hydrogen-bond donors (Lipinski definition) is 2. The Kier molecular flexibility index (Phi) is 7.03. The first-order valence-corrected chi connectivity index (χ1v) is 8.58. The van der Waals surface area contributed by atoms with Crippen molar-refractivity contribution in [1.82, 2.24) is 5.32 Å². The van der Waals surface area contributed by atoms with Crippen LogP contribution in [-0.4, -0.2) is 23.9 Å². The van der Waals surface area contributed by atoms with E-state index >= 15 is 0 Å². The summed E-state index contributed by atoms with van der Waals surface area (Å²) in [5, 5.41) is 4.88. The van der Waals surface area contributed by atoms with Gasteiger partial charge in [0.15, 0.2) is 6.10 Å². The molecule has 146 valence electrons. The molecule has 0 aliphatic carbocycles. The SMILES string of the molecule is CC(=O)N/C(=C\c1ccccc1)C(=O)O[C@@H](C)C(=O)Nc1ccc(C)c(F)c1. The van der Waals surface area contributed by atoms with Gasteiger partial charge in [0.2, 0.25) is 5.91 Å². The predicted octanol–water partition coefficient (Wildman–Crippen LogP) is 3.18. The lowest BCUT2D eigenvalue weighted by atomic mass is 10.2. The van der Waals surface area contributed by atoms with Crippen molar-refractivity contribution in [3.8, 4) is 0 Å². The van der Waals surface area contributed by atoms with Gasteiger partial charge >= 0.3 is 5.97 Å². The molecule has 0 aliphatic heterocycles. The molecule has 6 nitrogen and oxygen atoms in total. The largest absolute Gasteiger partial charge is 0.448 e. The van der Waals surface area contributed by atoms with Crippen LogP contribution in [0.1, 0.15) is 25.0 Å². The first-order chi connectivity index (χ1) is 13.3. The second kappa shape index (κ2) is 9.45. The second-order valence-corrected chi connectivity index (χ2v) is 6.15. The molecule has 7 heteroatoms. The minimum Gasteiger partial charge on any atom is -0.448 e. The van der Waals surface area contributed by atoms with Crippen molar-refractivity contribution in [2.75, 3.05) is 5.32 Å². The van der Waals surface area contributed by atoms with Crippen LogP contribution in [0.25, 0.3) is 6.08 Å². The van der Waals surface area contributed by atoms with Crippen molar-refractivity contribution < 1.29 is 23.5 Å². The van der Waals surface area contributed by atoms with Gasteiger partial charge in [0.25, 0.3) is 5.91 Å². The van der Waals surface area contributed by atoms with Crippen molar-refractivity contribution in [1.29, 1.82) is 0 Å². The van der Waals surface area contributed by atoms with E-state index < -0.39 is 29.7 Å². The Balaban J connectivity index is 2.08. The molecule has 0 aliphatic rings. The fraction of sp³-hybridized carbons (Fsp3) is 0.190. The summed E-state index contributed by atoms with van der Waals surface area (Å²) in [6, 6.07) is 13.1. The standard InChI is InChI=1S/C21H21FN2O4/c1-13-9-10-17(12-18(13)22)24-20(26)14(2)28-21(27)19(23-15(3)25)11-16-7-5-4-6-8-16/h4-12,14H,1-3H3,(H,23,25)(H,24,26)/b19-11-/t14-/m0/s1. The van der Waals surface area contributed by atoms with Crippen LogP contribution in [0.4, 0.5) is 10.1 Å². The Morgan fingerprint density at radius 2 is 1.79 bits per heavy atom. The lowest BCUT2D eigenvalue weighted by Crippen LogP contribution is -2.33. The van der Waals surface area contributed by atoms with Gasteiger partial charge in [0.05, 0.1) is 0 Å². The summed E-state index contributed by atoms with van der Waals surface area (Å²) in [6.45, 7) is 4.24. The zero-order valence-corrected chi connectivity index (χ0v) is 15.8. The summed E-state index contributed by atoms with van der Waals surface area (Å²) in [4.78, 5) is 36.0. The van der Waals surface area contributed by atoms with Crippen LogP contribution in [-0.2, 0) is 19.1 Å². The smallest absolute Gasteiger partial charge is 0.355 e. The number of carbonyl (C=O) groups is 3. The van der Waals surface area contributed by atoms with Gasteiger partial charge in [-0.1, -0.05) is 36.4 Å². The summed E-state index contributed by atoms with van der Waals surface area (Å²) < 4.78 is 18.7. The predicted molar refractivity (Wildman–Crippen MR) is 104 cm³/mol. The summed E-state index contributed by atoms with van der Waals surface area (Å²) in [5.74, 6) is -2.40. The fourth-order valence-corrected chi connectivity index (χ4v) is 2.24. The van der Waals surface area contributed by atoms with Crippen LogP contribution in [0, 0.1) is 12.7 Å². The average Bonchev–Trinajstić information content (AvgIpc) is 2.64. The topological polar surface area (TPSA) is 84.5 Å². The van der Waals surface area contributed by atoms with Gasteiger partial charge in [-0.15, -0.1) is 0 Å². The fourth-order valence-electron chi connectivity index (χ4n) is 2.24. The number of halogens is 1. The van der Waals surface area contributed by atoms with Gasteiger partial charge < -0.3 is 15.4 Å². The van der Waals surface area contributed by atoms with Gasteiger partial charge in [0, 0.05) is 12.6 Å². The molecule has 2 N–H and O–H groups in total. The maximum atomic E-state index is 13.6. The number of anilines is 1. The molecular weight excluding hydrogens is 363 g/mol. The van der Waals surface area contributed by atoms with Crippen molar-refractivity contribution in [2.24, 2.45) is 0 Å². The maximum absolute atomic E-state index is 13.6. The van der Waals surface area contributed by atoms with Crippen molar-refractivity contribution in [2.45, 2.75) is 26.9 Å². The van der Waals surface area contributed by atoms with E-state index in [-0.39, 0.29) is 11.4 Å². The third kappa shape index (κ3) is 6.05. The molecule has 0 heterocycles. The second-order valence-electron chi connectivity index (χ2n) is 6.15. The first-order valence-electron chi connectivity index (χ1n) is 8.58. The van der Waals surface area contributed by atoms with Gasteiger partial charge in [-0.3, -0.25) is 9.59 Å². The zero-order valence-electron chi connectivity index (χ0n) is 15.8. The summed E-state index contributed by atoms with van der Waals surface area (Å²) in [5.41, 5.74) is 1.27. The lowest BCUT2D eigenvalue weighted by molar-refractivity contribution is -0.149. The van der Waals surface area contributed by atoms with E-state index in [0.29, 0.717) is 11.1 Å². The number of hydrogen-bond acceptors (Lipinski definition) is 4. The lowest BCUT2D eigenvalue weighted by Gasteiger charge is -2.15. The van der Waals surface area contributed by atoms with E-state index in [1.54, 1.807) is 37.3 Å². The molecule has 0 fully saturated rings. The molecule has 0 saturated carbocycles. The van der Waals surface area contributed by atoms with Gasteiger partial charge in [-0.25, -0.2) is 9.18 Å². The highest BCUT2D eigenvalue weighted by atomic mass is 19.1. The van der Waals surface area contributed by atoms with Gasteiger partial charge in [0.1, 0.15) is 11.5 Å². The van der Waals surface area contributed by atoms with Crippen LogP contribution in [0.3, 0.4) is 0 Å². The number of carbonyl (C=O) groups excluding carboxylic acids is 3. The Morgan fingerprint density at radius 1 is 1.11 bits per heavy atom. The number of amides is 2. The Morgan fingerprint density at radius 3 is 2.39 bits per heavy atom. The highest BCUT2D eigenvalue weighted by Gasteiger charge is 2.21. The van der Waals surface area contributed by atoms with Crippen molar-refractivity contribution in [3.63, 3.8) is 0 Å². The van der Waals surface area contributed by atoms with Crippen LogP contribution in [0.15, 0.2) is 54.2 Å². The molecule has 0 saturated heterocycles. The van der Waals surface area contributed by atoms with E-state index in [0.717, 1.165) is 0 Å². The van der Waals surface area contributed by atoms with Crippen molar-refractivity contribution in [3.05, 3.63) is 71.2 Å². The molecule has 2 aromatic carbocycles. The zero-order chi connectivity index (χ0) is 20.7. The molecule has 2 amide bonds. The van der Waals surface area contributed by atoms with Crippen molar-refractivity contribution >= 4 is 29.5 Å². The van der Waals surface area contributed by atoms with Crippen LogP contribution in [0.5, 0.6) is 0 Å². The molecule has 0 spiro atoms. The normalized spacial score (nSPS) is 12.1. The summed E-state index contributed by atoms with van der Waals surface area (Å²) in [7, 11) is 0. The number of esters is 1. The molecule has 28 heavy (non-hydrogen) atoms. The van der Waals surface area contributed by atoms with E-state index in [2.05, 4.69) is 10.6 Å². The minimum absolute atomic E-state index is 0.0975. The molecule has 2 rings (SSSR count). The van der Waals surface area contributed by atoms with Crippen LogP contribution < -0.4 is 10.6 Å². The van der Waals surface area contributed by atoms with Crippen LogP contribution >= 0.6 is 0 Å².